The van der Waals surface area contributed by atoms with Crippen LogP contribution in [-0.4, -0.2) is 72.3 Å². The molecule has 29 heavy (non-hydrogen) atoms. The van der Waals surface area contributed by atoms with Gasteiger partial charge in [-0.1, -0.05) is 30.3 Å². The number of nitrogens with zero attached hydrogens (tertiary/aromatic N) is 3. The molecule has 2 heterocycles. The van der Waals surface area contributed by atoms with Crippen molar-refractivity contribution < 1.29 is 19.1 Å². The van der Waals surface area contributed by atoms with Crippen LogP contribution in [-0.2, 0) is 11.3 Å². The zero-order chi connectivity index (χ0) is 20.4. The molecule has 7 nitrogen and oxygen atoms in total. The first-order chi connectivity index (χ1) is 14.1. The van der Waals surface area contributed by atoms with E-state index < -0.39 is 11.8 Å². The third kappa shape index (κ3) is 3.73. The first-order valence-corrected chi connectivity index (χ1v) is 9.65. The molecule has 2 aromatic rings. The van der Waals surface area contributed by atoms with E-state index in [9.17, 15) is 14.4 Å². The Morgan fingerprint density at radius 2 is 1.48 bits per heavy atom. The summed E-state index contributed by atoms with van der Waals surface area (Å²) >= 11 is 0. The van der Waals surface area contributed by atoms with Gasteiger partial charge in [0.2, 0.25) is 5.91 Å². The Kier molecular flexibility index (Phi) is 5.31. The zero-order valence-electron chi connectivity index (χ0n) is 16.3. The minimum atomic E-state index is -0.395. The summed E-state index contributed by atoms with van der Waals surface area (Å²) in [7, 11) is 1.66. The molecule has 150 valence electrons. The summed E-state index contributed by atoms with van der Waals surface area (Å²) in [5, 5.41) is 0. The predicted octanol–water partition coefficient (Wildman–Crippen LogP) is 1.64. The maximum Gasteiger partial charge on any atom is 0.262 e. The van der Waals surface area contributed by atoms with Crippen LogP contribution in [0.1, 0.15) is 26.3 Å². The Labute approximate surface area is 169 Å². The Morgan fingerprint density at radius 1 is 0.897 bits per heavy atom. The van der Waals surface area contributed by atoms with E-state index in [-0.39, 0.29) is 12.5 Å². The fraction of sp³-hybridized carbons (Fsp3) is 0.318. The number of imide groups is 1. The average Bonchev–Trinajstić information content (AvgIpc) is 3.00. The topological polar surface area (TPSA) is 70.2 Å². The van der Waals surface area contributed by atoms with Crippen molar-refractivity contribution in [1.82, 2.24) is 14.7 Å². The highest BCUT2D eigenvalue weighted by atomic mass is 16.5. The summed E-state index contributed by atoms with van der Waals surface area (Å²) in [5.74, 6) is -0.129. The lowest BCUT2D eigenvalue weighted by atomic mass is 10.1. The van der Waals surface area contributed by atoms with E-state index in [4.69, 9.17) is 4.74 Å². The number of piperazine rings is 1. The van der Waals surface area contributed by atoms with Crippen LogP contribution in [0.4, 0.5) is 0 Å². The number of benzene rings is 2. The van der Waals surface area contributed by atoms with Crippen molar-refractivity contribution in [1.29, 1.82) is 0 Å². The van der Waals surface area contributed by atoms with E-state index in [1.807, 2.05) is 24.3 Å². The van der Waals surface area contributed by atoms with Gasteiger partial charge in [-0.3, -0.25) is 24.2 Å². The summed E-state index contributed by atoms with van der Waals surface area (Å²) < 4.78 is 5.41. The summed E-state index contributed by atoms with van der Waals surface area (Å²) in [6.07, 6.45) is 0. The number of carbonyl (C=O) groups excluding carboxylic acids is 3. The van der Waals surface area contributed by atoms with E-state index in [1.165, 1.54) is 0 Å². The molecule has 0 N–H and O–H groups in total. The molecule has 1 saturated heterocycles. The molecule has 0 saturated carbocycles. The van der Waals surface area contributed by atoms with Gasteiger partial charge in [0.25, 0.3) is 11.8 Å². The van der Waals surface area contributed by atoms with Crippen LogP contribution in [0.15, 0.2) is 48.5 Å². The molecule has 2 aromatic carbocycles. The molecule has 0 unspecified atom stereocenters. The molecule has 2 aliphatic rings. The number of rotatable bonds is 5. The lowest BCUT2D eigenvalue weighted by molar-refractivity contribution is -0.133. The fourth-order valence-corrected chi connectivity index (χ4v) is 3.85. The van der Waals surface area contributed by atoms with Crippen LogP contribution in [0.2, 0.25) is 0 Å². The number of hydrogen-bond acceptors (Lipinski definition) is 5. The second-order valence-corrected chi connectivity index (χ2v) is 7.21. The number of para-hydroxylation sites is 1. The number of fused-ring (bicyclic) bond motifs is 1. The van der Waals surface area contributed by atoms with E-state index >= 15 is 0 Å². The number of hydrogen-bond donors (Lipinski definition) is 0. The van der Waals surface area contributed by atoms with Gasteiger partial charge in [0.05, 0.1) is 18.2 Å². The highest BCUT2D eigenvalue weighted by molar-refractivity contribution is 6.22. The molecule has 7 heteroatoms. The van der Waals surface area contributed by atoms with Crippen LogP contribution < -0.4 is 4.74 Å². The smallest absolute Gasteiger partial charge is 0.262 e. The van der Waals surface area contributed by atoms with Crippen molar-refractivity contribution in [2.24, 2.45) is 0 Å². The van der Waals surface area contributed by atoms with Crippen LogP contribution in [0, 0.1) is 0 Å². The maximum atomic E-state index is 12.7. The fourth-order valence-electron chi connectivity index (χ4n) is 3.85. The Hall–Kier alpha value is -3.19. The second kappa shape index (κ2) is 8.05. The number of methoxy groups -OCH3 is 1. The molecule has 0 aliphatic carbocycles. The van der Waals surface area contributed by atoms with Gasteiger partial charge < -0.3 is 9.64 Å². The van der Waals surface area contributed by atoms with Gasteiger partial charge in [0, 0.05) is 38.3 Å². The predicted molar refractivity (Wildman–Crippen MR) is 107 cm³/mol. The van der Waals surface area contributed by atoms with Crippen LogP contribution in [0.3, 0.4) is 0 Å². The van der Waals surface area contributed by atoms with Crippen molar-refractivity contribution in [2.45, 2.75) is 6.54 Å². The van der Waals surface area contributed by atoms with Crippen LogP contribution >= 0.6 is 0 Å². The molecule has 4 rings (SSSR count). The standard InChI is InChI=1S/C22H23N3O4/c1-29-19-9-5-2-6-16(19)14-23-10-12-24(13-11-23)20(26)15-25-21(27)17-7-3-4-8-18(17)22(25)28/h2-9H,10-15H2,1H3. The van der Waals surface area contributed by atoms with Gasteiger partial charge in [0.15, 0.2) is 0 Å². The van der Waals surface area contributed by atoms with E-state index in [1.54, 1.807) is 36.3 Å². The Balaban J connectivity index is 1.33. The van der Waals surface area contributed by atoms with Gasteiger partial charge >= 0.3 is 0 Å². The number of ether oxygens (including phenoxy) is 1. The number of carbonyl (C=O) groups is 3. The minimum absolute atomic E-state index is 0.198. The molecule has 2 aliphatic heterocycles. The average molecular weight is 393 g/mol. The minimum Gasteiger partial charge on any atom is -0.496 e. The first-order valence-electron chi connectivity index (χ1n) is 9.65. The summed E-state index contributed by atoms with van der Waals surface area (Å²) in [4.78, 5) is 42.7. The van der Waals surface area contributed by atoms with Gasteiger partial charge in [-0.15, -0.1) is 0 Å². The molecule has 1 fully saturated rings. The van der Waals surface area contributed by atoms with Crippen LogP contribution in [0.25, 0.3) is 0 Å². The monoisotopic (exact) mass is 393 g/mol. The summed E-state index contributed by atoms with van der Waals surface area (Å²) in [5.41, 5.74) is 1.85. The van der Waals surface area contributed by atoms with Crippen molar-refractivity contribution in [3.05, 3.63) is 65.2 Å². The Morgan fingerprint density at radius 3 is 2.10 bits per heavy atom. The lowest BCUT2D eigenvalue weighted by Crippen LogP contribution is -2.51. The third-order valence-corrected chi connectivity index (χ3v) is 5.48. The zero-order valence-corrected chi connectivity index (χ0v) is 16.3. The first kappa shape index (κ1) is 19.1. The summed E-state index contributed by atoms with van der Waals surface area (Å²) in [6, 6.07) is 14.6. The summed E-state index contributed by atoms with van der Waals surface area (Å²) in [6.45, 7) is 3.13. The third-order valence-electron chi connectivity index (χ3n) is 5.48. The highest BCUT2D eigenvalue weighted by Crippen LogP contribution is 2.23. The van der Waals surface area contributed by atoms with Crippen molar-refractivity contribution >= 4 is 17.7 Å². The molecule has 0 spiro atoms. The van der Waals surface area contributed by atoms with Gasteiger partial charge in [-0.2, -0.15) is 0 Å². The van der Waals surface area contributed by atoms with Gasteiger partial charge in [-0.05, 0) is 18.2 Å². The molecule has 0 atom stereocenters. The molecule has 3 amide bonds. The van der Waals surface area contributed by atoms with E-state index in [0.29, 0.717) is 24.2 Å². The van der Waals surface area contributed by atoms with E-state index in [0.717, 1.165) is 35.8 Å². The molecule has 0 radical (unpaired) electrons. The molecular weight excluding hydrogens is 370 g/mol. The van der Waals surface area contributed by atoms with Crippen molar-refractivity contribution in [2.75, 3.05) is 39.8 Å². The SMILES string of the molecule is COc1ccccc1CN1CCN(C(=O)CN2C(=O)c3ccccc3C2=O)CC1. The normalized spacial score (nSPS) is 16.9. The quantitative estimate of drug-likeness (QED) is 0.723. The van der Waals surface area contributed by atoms with Crippen LogP contribution in [0.5, 0.6) is 5.75 Å². The lowest BCUT2D eigenvalue weighted by Gasteiger charge is -2.35. The molecule has 0 bridgehead atoms. The molecular formula is C22H23N3O4. The molecule has 0 aromatic heterocycles. The van der Waals surface area contributed by atoms with Gasteiger partial charge in [-0.25, -0.2) is 0 Å². The van der Waals surface area contributed by atoms with Crippen molar-refractivity contribution in [3.8, 4) is 5.75 Å². The highest BCUT2D eigenvalue weighted by Gasteiger charge is 2.37. The van der Waals surface area contributed by atoms with E-state index in [2.05, 4.69) is 4.90 Å². The maximum absolute atomic E-state index is 12.7. The largest absolute Gasteiger partial charge is 0.496 e. The van der Waals surface area contributed by atoms with Gasteiger partial charge in [0.1, 0.15) is 12.3 Å². The van der Waals surface area contributed by atoms with Crippen molar-refractivity contribution in [3.63, 3.8) is 0 Å². The second-order valence-electron chi connectivity index (χ2n) is 7.21. The number of amides is 3. The Bertz CT molecular complexity index is 916.